The smallest absolute Gasteiger partial charge is 0.0638 e. The van der Waals surface area contributed by atoms with Gasteiger partial charge in [0, 0.05) is 4.47 Å². The molecule has 0 heterocycles. The number of hydrogen-bond acceptors (Lipinski definition) is 1. The third-order valence-electron chi connectivity index (χ3n) is 3.01. The average molecular weight is 394 g/mol. The lowest BCUT2D eigenvalue weighted by molar-refractivity contribution is 0.749. The summed E-state index contributed by atoms with van der Waals surface area (Å²) in [7, 11) is 0. The molecule has 0 bridgehead atoms. The average Bonchev–Trinajstić information content (AvgIpc) is 2.43. The van der Waals surface area contributed by atoms with Crippen LogP contribution in [0.4, 0.5) is 5.69 Å². The molecule has 20 heavy (non-hydrogen) atoms. The third-order valence-corrected chi connectivity index (χ3v) is 4.57. The van der Waals surface area contributed by atoms with Crippen LogP contribution in [-0.4, -0.2) is 0 Å². The van der Waals surface area contributed by atoms with E-state index in [-0.39, 0.29) is 6.04 Å². The van der Waals surface area contributed by atoms with Gasteiger partial charge in [0.25, 0.3) is 0 Å². The molecule has 2 aromatic rings. The number of nitrogens with one attached hydrogen (secondary N) is 1. The van der Waals surface area contributed by atoms with Gasteiger partial charge < -0.3 is 5.32 Å². The van der Waals surface area contributed by atoms with Crippen LogP contribution < -0.4 is 5.32 Å². The zero-order valence-electron chi connectivity index (χ0n) is 10.8. The largest absolute Gasteiger partial charge is 0.377 e. The van der Waals surface area contributed by atoms with E-state index in [2.05, 4.69) is 28.2 Å². The van der Waals surface area contributed by atoms with Gasteiger partial charge >= 0.3 is 0 Å². The Morgan fingerprint density at radius 3 is 2.35 bits per heavy atom. The van der Waals surface area contributed by atoms with Gasteiger partial charge in [-0.15, -0.1) is 0 Å². The molecule has 0 aliphatic heterocycles. The van der Waals surface area contributed by atoms with E-state index in [1.807, 2.05) is 36.4 Å². The van der Waals surface area contributed by atoms with Crippen molar-refractivity contribution in [3.05, 3.63) is 61.5 Å². The van der Waals surface area contributed by atoms with Gasteiger partial charge in [-0.2, -0.15) is 0 Å². The van der Waals surface area contributed by atoms with Crippen LogP contribution in [0.1, 0.15) is 24.9 Å². The Kier molecular flexibility index (Phi) is 5.62. The Morgan fingerprint density at radius 1 is 1.00 bits per heavy atom. The Hall–Kier alpha value is -0.410. The highest BCUT2D eigenvalue weighted by Gasteiger charge is 2.12. The van der Waals surface area contributed by atoms with Crippen molar-refractivity contribution in [2.45, 2.75) is 19.4 Å². The van der Waals surface area contributed by atoms with Crippen molar-refractivity contribution in [2.24, 2.45) is 0 Å². The number of anilines is 1. The van der Waals surface area contributed by atoms with E-state index in [0.717, 1.165) is 22.1 Å². The molecule has 0 aliphatic carbocycles. The van der Waals surface area contributed by atoms with Crippen molar-refractivity contribution in [3.63, 3.8) is 0 Å². The molecule has 0 saturated heterocycles. The van der Waals surface area contributed by atoms with E-state index in [4.69, 9.17) is 34.8 Å². The Balaban J connectivity index is 2.28. The quantitative estimate of drug-likeness (QED) is 0.591. The fraction of sp³-hybridized carbons (Fsp3) is 0.200. The summed E-state index contributed by atoms with van der Waals surface area (Å²) in [6.45, 7) is 2.10. The SMILES string of the molecule is CCC(Nc1cc(Br)ccc1Cl)c1ccc(Cl)c(Cl)c1. The molecule has 1 unspecified atom stereocenters. The van der Waals surface area contributed by atoms with E-state index in [1.165, 1.54) is 0 Å². The summed E-state index contributed by atoms with van der Waals surface area (Å²) in [6, 6.07) is 11.5. The monoisotopic (exact) mass is 391 g/mol. The molecular formula is C15H13BrCl3N. The number of halogens is 4. The molecule has 1 nitrogen and oxygen atoms in total. The van der Waals surface area contributed by atoms with Crippen LogP contribution in [0, 0.1) is 0 Å². The van der Waals surface area contributed by atoms with Crippen LogP contribution in [0.15, 0.2) is 40.9 Å². The van der Waals surface area contributed by atoms with E-state index < -0.39 is 0 Å². The van der Waals surface area contributed by atoms with Gasteiger partial charge in [-0.3, -0.25) is 0 Å². The minimum absolute atomic E-state index is 0.122. The summed E-state index contributed by atoms with van der Waals surface area (Å²) >= 11 is 21.7. The van der Waals surface area contributed by atoms with Crippen LogP contribution in [0.25, 0.3) is 0 Å². The third kappa shape index (κ3) is 3.82. The molecule has 2 aromatic carbocycles. The molecule has 0 radical (unpaired) electrons. The molecule has 1 atom stereocenters. The fourth-order valence-corrected chi connectivity index (χ4v) is 2.79. The second-order valence-corrected chi connectivity index (χ2v) is 6.54. The molecule has 1 N–H and O–H groups in total. The highest BCUT2D eigenvalue weighted by atomic mass is 79.9. The fourth-order valence-electron chi connectivity index (χ4n) is 1.95. The Morgan fingerprint density at radius 2 is 1.70 bits per heavy atom. The molecule has 0 fully saturated rings. The number of hydrogen-bond donors (Lipinski definition) is 1. The molecule has 0 aliphatic rings. The zero-order valence-corrected chi connectivity index (χ0v) is 14.6. The Bertz CT molecular complexity index is 616. The second kappa shape index (κ2) is 7.04. The molecule has 0 amide bonds. The van der Waals surface area contributed by atoms with E-state index in [1.54, 1.807) is 0 Å². The first kappa shape index (κ1) is 16.0. The lowest BCUT2D eigenvalue weighted by Crippen LogP contribution is -2.10. The maximum Gasteiger partial charge on any atom is 0.0638 e. The van der Waals surface area contributed by atoms with Gasteiger partial charge in [-0.25, -0.2) is 0 Å². The predicted molar refractivity (Wildman–Crippen MR) is 92.3 cm³/mol. The normalized spacial score (nSPS) is 12.2. The van der Waals surface area contributed by atoms with Crippen molar-refractivity contribution in [1.82, 2.24) is 0 Å². The maximum atomic E-state index is 6.21. The highest BCUT2D eigenvalue weighted by molar-refractivity contribution is 9.10. The van der Waals surface area contributed by atoms with Crippen molar-refractivity contribution in [2.75, 3.05) is 5.32 Å². The van der Waals surface area contributed by atoms with Crippen LogP contribution in [0.3, 0.4) is 0 Å². The molecule has 5 heteroatoms. The van der Waals surface area contributed by atoms with E-state index >= 15 is 0 Å². The molecule has 0 spiro atoms. The summed E-state index contributed by atoms with van der Waals surface area (Å²) in [4.78, 5) is 0. The predicted octanol–water partition coefficient (Wildman–Crippen LogP) is 6.97. The minimum atomic E-state index is 0.122. The van der Waals surface area contributed by atoms with Crippen molar-refractivity contribution >= 4 is 56.4 Å². The first-order valence-corrected chi connectivity index (χ1v) is 8.10. The summed E-state index contributed by atoms with van der Waals surface area (Å²) in [5, 5.41) is 5.24. The molecular weight excluding hydrogens is 380 g/mol. The van der Waals surface area contributed by atoms with Crippen molar-refractivity contribution in [3.8, 4) is 0 Å². The van der Waals surface area contributed by atoms with Crippen LogP contribution >= 0.6 is 50.7 Å². The van der Waals surface area contributed by atoms with Crippen LogP contribution in [-0.2, 0) is 0 Å². The van der Waals surface area contributed by atoms with Gasteiger partial charge in [0.05, 0.1) is 26.8 Å². The van der Waals surface area contributed by atoms with Crippen molar-refractivity contribution < 1.29 is 0 Å². The van der Waals surface area contributed by atoms with Crippen molar-refractivity contribution in [1.29, 1.82) is 0 Å². The standard InChI is InChI=1S/C15H13BrCl3N/c1-2-14(9-3-5-11(17)13(19)7-9)20-15-8-10(16)4-6-12(15)18/h3-8,14,20H,2H2,1H3. The van der Waals surface area contributed by atoms with E-state index in [0.29, 0.717) is 15.1 Å². The van der Waals surface area contributed by atoms with Gasteiger partial charge in [0.15, 0.2) is 0 Å². The second-order valence-electron chi connectivity index (χ2n) is 4.40. The lowest BCUT2D eigenvalue weighted by Gasteiger charge is -2.20. The Labute approximate surface area is 142 Å². The topological polar surface area (TPSA) is 12.0 Å². The van der Waals surface area contributed by atoms with Gasteiger partial charge in [0.1, 0.15) is 0 Å². The number of rotatable bonds is 4. The van der Waals surface area contributed by atoms with Gasteiger partial charge in [-0.1, -0.05) is 63.7 Å². The zero-order chi connectivity index (χ0) is 14.7. The summed E-state index contributed by atoms with van der Waals surface area (Å²) in [5.41, 5.74) is 1.97. The minimum Gasteiger partial charge on any atom is -0.377 e. The molecule has 0 aromatic heterocycles. The first-order valence-electron chi connectivity index (χ1n) is 6.17. The molecule has 0 saturated carbocycles. The molecule has 2 rings (SSSR count). The maximum absolute atomic E-state index is 6.21. The molecule has 106 valence electrons. The first-order chi connectivity index (χ1) is 9.51. The summed E-state index contributed by atoms with van der Waals surface area (Å²) in [6.07, 6.45) is 0.904. The van der Waals surface area contributed by atoms with Gasteiger partial charge in [0.2, 0.25) is 0 Å². The summed E-state index contributed by atoms with van der Waals surface area (Å²) < 4.78 is 0.980. The van der Waals surface area contributed by atoms with E-state index in [9.17, 15) is 0 Å². The number of benzene rings is 2. The summed E-state index contributed by atoms with van der Waals surface area (Å²) in [5.74, 6) is 0. The lowest BCUT2D eigenvalue weighted by atomic mass is 10.0. The van der Waals surface area contributed by atoms with Crippen LogP contribution in [0.5, 0.6) is 0 Å². The van der Waals surface area contributed by atoms with Gasteiger partial charge in [-0.05, 0) is 42.3 Å². The highest BCUT2D eigenvalue weighted by Crippen LogP contribution is 2.32. The van der Waals surface area contributed by atoms with Crippen LogP contribution in [0.2, 0.25) is 15.1 Å².